The highest BCUT2D eigenvalue weighted by molar-refractivity contribution is 6.34. The number of benzene rings is 1. The lowest BCUT2D eigenvalue weighted by atomic mass is 10.1. The number of ketones is 1. The third-order valence-corrected chi connectivity index (χ3v) is 3.92. The topological polar surface area (TPSA) is 61.9 Å². The SMILES string of the molecule is COc1ccc(/C=C/C(=O)c2nn(C)cc2Cl)cc1Cn1cccn1. The van der Waals surface area contributed by atoms with Gasteiger partial charge in [-0.2, -0.15) is 10.2 Å². The first-order valence-corrected chi connectivity index (χ1v) is 8.00. The quantitative estimate of drug-likeness (QED) is 0.502. The van der Waals surface area contributed by atoms with E-state index in [4.69, 9.17) is 16.3 Å². The smallest absolute Gasteiger partial charge is 0.207 e. The zero-order valence-electron chi connectivity index (χ0n) is 13.9. The monoisotopic (exact) mass is 356 g/mol. The molecule has 0 radical (unpaired) electrons. The van der Waals surface area contributed by atoms with Crippen LogP contribution in [0.15, 0.2) is 48.9 Å². The lowest BCUT2D eigenvalue weighted by Gasteiger charge is -2.09. The second-order valence-electron chi connectivity index (χ2n) is 5.47. The van der Waals surface area contributed by atoms with Crippen molar-refractivity contribution in [2.24, 2.45) is 7.05 Å². The Kier molecular flexibility index (Phi) is 5.00. The van der Waals surface area contributed by atoms with E-state index in [2.05, 4.69) is 10.2 Å². The van der Waals surface area contributed by atoms with E-state index in [0.29, 0.717) is 11.6 Å². The van der Waals surface area contributed by atoms with Crippen LogP contribution in [0, 0.1) is 0 Å². The van der Waals surface area contributed by atoms with Crippen molar-refractivity contribution in [3.63, 3.8) is 0 Å². The van der Waals surface area contributed by atoms with Gasteiger partial charge in [0.2, 0.25) is 5.78 Å². The molecule has 0 atom stereocenters. The molecule has 0 spiro atoms. The number of hydrogen-bond acceptors (Lipinski definition) is 4. The van der Waals surface area contributed by atoms with Gasteiger partial charge in [-0.1, -0.05) is 23.7 Å². The molecule has 128 valence electrons. The number of methoxy groups -OCH3 is 1. The van der Waals surface area contributed by atoms with Crippen molar-refractivity contribution in [1.29, 1.82) is 0 Å². The zero-order chi connectivity index (χ0) is 17.8. The molecule has 3 aromatic rings. The number of aryl methyl sites for hydroxylation is 1. The van der Waals surface area contributed by atoms with Crippen LogP contribution < -0.4 is 4.74 Å². The number of hydrogen-bond donors (Lipinski definition) is 0. The number of nitrogens with zero attached hydrogens (tertiary/aromatic N) is 4. The number of aromatic nitrogens is 4. The molecule has 0 saturated heterocycles. The van der Waals surface area contributed by atoms with Crippen LogP contribution in [0.3, 0.4) is 0 Å². The summed E-state index contributed by atoms with van der Waals surface area (Å²) in [6.45, 7) is 0.581. The third-order valence-electron chi connectivity index (χ3n) is 3.64. The predicted molar refractivity (Wildman–Crippen MR) is 95.9 cm³/mol. The summed E-state index contributed by atoms with van der Waals surface area (Å²) in [4.78, 5) is 12.2. The molecule has 0 fully saturated rings. The second-order valence-corrected chi connectivity index (χ2v) is 5.88. The third kappa shape index (κ3) is 3.97. The van der Waals surface area contributed by atoms with Crippen LogP contribution in [0.2, 0.25) is 5.02 Å². The van der Waals surface area contributed by atoms with Crippen molar-refractivity contribution in [3.8, 4) is 5.75 Å². The molecule has 7 heteroatoms. The maximum absolute atomic E-state index is 12.2. The maximum Gasteiger partial charge on any atom is 0.207 e. The number of carbonyl (C=O) groups excluding carboxylic acids is 1. The summed E-state index contributed by atoms with van der Waals surface area (Å²) in [6.07, 6.45) is 8.41. The number of halogens is 1. The van der Waals surface area contributed by atoms with E-state index in [1.54, 1.807) is 32.6 Å². The Hall–Kier alpha value is -2.86. The summed E-state index contributed by atoms with van der Waals surface area (Å²) < 4.78 is 8.72. The van der Waals surface area contributed by atoms with E-state index in [0.717, 1.165) is 16.9 Å². The summed E-state index contributed by atoms with van der Waals surface area (Å²) in [5.41, 5.74) is 2.09. The molecule has 0 N–H and O–H groups in total. The van der Waals surface area contributed by atoms with Gasteiger partial charge in [0.05, 0.1) is 18.7 Å². The Morgan fingerprint density at radius 2 is 2.24 bits per heavy atom. The van der Waals surface area contributed by atoms with E-state index in [1.807, 2.05) is 35.1 Å². The fourth-order valence-electron chi connectivity index (χ4n) is 2.47. The van der Waals surface area contributed by atoms with E-state index in [-0.39, 0.29) is 11.5 Å². The van der Waals surface area contributed by atoms with E-state index in [1.165, 1.54) is 10.8 Å². The summed E-state index contributed by atoms with van der Waals surface area (Å²) in [7, 11) is 3.35. The summed E-state index contributed by atoms with van der Waals surface area (Å²) in [6, 6.07) is 7.59. The fourth-order valence-corrected chi connectivity index (χ4v) is 2.74. The number of rotatable bonds is 6. The highest BCUT2D eigenvalue weighted by Gasteiger charge is 2.12. The largest absolute Gasteiger partial charge is 0.496 e. The Labute approximate surface area is 150 Å². The standard InChI is InChI=1S/C18H17ClN4O2/c1-22-12-15(19)18(21-22)16(24)6-4-13-5-7-17(25-2)14(10-13)11-23-9-3-8-20-23/h3-10,12H,11H2,1-2H3/b6-4+. The maximum atomic E-state index is 12.2. The molecule has 0 aliphatic carbocycles. The average Bonchev–Trinajstić information content (AvgIpc) is 3.22. The molecule has 1 aromatic carbocycles. The molecule has 2 aromatic heterocycles. The van der Waals surface area contributed by atoms with Gasteiger partial charge in [0.1, 0.15) is 5.75 Å². The van der Waals surface area contributed by atoms with Gasteiger partial charge in [0, 0.05) is 31.2 Å². The van der Waals surface area contributed by atoms with Crippen LogP contribution in [-0.4, -0.2) is 32.5 Å². The van der Waals surface area contributed by atoms with Crippen LogP contribution in [0.25, 0.3) is 6.08 Å². The molecule has 0 unspecified atom stereocenters. The second kappa shape index (κ2) is 7.36. The molecule has 0 saturated carbocycles. The first-order valence-electron chi connectivity index (χ1n) is 7.62. The zero-order valence-corrected chi connectivity index (χ0v) is 14.6. The van der Waals surface area contributed by atoms with Gasteiger partial charge in [-0.3, -0.25) is 14.2 Å². The van der Waals surface area contributed by atoms with E-state index >= 15 is 0 Å². The van der Waals surface area contributed by atoms with Gasteiger partial charge in [-0.05, 0) is 29.8 Å². The molecular formula is C18H17ClN4O2. The molecular weight excluding hydrogens is 340 g/mol. The Morgan fingerprint density at radius 3 is 2.88 bits per heavy atom. The molecule has 0 bridgehead atoms. The van der Waals surface area contributed by atoms with Crippen LogP contribution in [0.5, 0.6) is 5.75 Å². The normalized spacial score (nSPS) is 11.2. The highest BCUT2D eigenvalue weighted by Crippen LogP contribution is 2.22. The number of allylic oxidation sites excluding steroid dienone is 1. The molecule has 0 amide bonds. The lowest BCUT2D eigenvalue weighted by molar-refractivity contribution is 0.104. The summed E-state index contributed by atoms with van der Waals surface area (Å²) in [5, 5.41) is 8.61. The Bertz CT molecular complexity index is 913. The molecule has 3 rings (SSSR count). The Balaban J connectivity index is 1.82. The van der Waals surface area contributed by atoms with Gasteiger partial charge in [0.15, 0.2) is 5.69 Å². The summed E-state index contributed by atoms with van der Waals surface area (Å²) >= 11 is 6.00. The summed E-state index contributed by atoms with van der Waals surface area (Å²) in [5.74, 6) is 0.529. The number of carbonyl (C=O) groups is 1. The van der Waals surface area contributed by atoms with Gasteiger partial charge < -0.3 is 4.74 Å². The molecule has 6 nitrogen and oxygen atoms in total. The van der Waals surface area contributed by atoms with Crippen LogP contribution in [-0.2, 0) is 13.6 Å². The van der Waals surface area contributed by atoms with Crippen molar-refractivity contribution in [1.82, 2.24) is 19.6 Å². The van der Waals surface area contributed by atoms with Crippen molar-refractivity contribution >= 4 is 23.5 Å². The van der Waals surface area contributed by atoms with Gasteiger partial charge in [0.25, 0.3) is 0 Å². The fraction of sp³-hybridized carbons (Fsp3) is 0.167. The highest BCUT2D eigenvalue weighted by atomic mass is 35.5. The minimum Gasteiger partial charge on any atom is -0.496 e. The van der Waals surface area contributed by atoms with Crippen molar-refractivity contribution in [2.75, 3.05) is 7.11 Å². The van der Waals surface area contributed by atoms with Gasteiger partial charge in [-0.15, -0.1) is 0 Å². The van der Waals surface area contributed by atoms with Crippen molar-refractivity contribution in [3.05, 3.63) is 70.8 Å². The minimum absolute atomic E-state index is 0.241. The predicted octanol–water partition coefficient (Wildman–Crippen LogP) is 3.22. The number of ether oxygens (including phenoxy) is 1. The van der Waals surface area contributed by atoms with Crippen LogP contribution in [0.4, 0.5) is 0 Å². The minimum atomic E-state index is -0.241. The van der Waals surface area contributed by atoms with Crippen LogP contribution in [0.1, 0.15) is 21.6 Å². The van der Waals surface area contributed by atoms with Crippen LogP contribution >= 0.6 is 11.6 Å². The Morgan fingerprint density at radius 1 is 1.40 bits per heavy atom. The van der Waals surface area contributed by atoms with E-state index in [9.17, 15) is 4.79 Å². The van der Waals surface area contributed by atoms with E-state index < -0.39 is 0 Å². The average molecular weight is 357 g/mol. The molecule has 2 heterocycles. The molecule has 0 aliphatic rings. The first kappa shape index (κ1) is 17.0. The lowest BCUT2D eigenvalue weighted by Crippen LogP contribution is -2.02. The van der Waals surface area contributed by atoms with Crippen molar-refractivity contribution in [2.45, 2.75) is 6.54 Å². The molecule has 25 heavy (non-hydrogen) atoms. The first-order chi connectivity index (χ1) is 12.1. The van der Waals surface area contributed by atoms with Crippen molar-refractivity contribution < 1.29 is 9.53 Å². The van der Waals surface area contributed by atoms with Gasteiger partial charge in [-0.25, -0.2) is 0 Å². The molecule has 0 aliphatic heterocycles. The van der Waals surface area contributed by atoms with Gasteiger partial charge >= 0.3 is 0 Å².